The molecule has 0 bridgehead atoms. The van der Waals surface area contributed by atoms with Crippen LogP contribution in [0.3, 0.4) is 0 Å². The van der Waals surface area contributed by atoms with E-state index >= 15 is 0 Å². The molecule has 0 spiro atoms. The van der Waals surface area contributed by atoms with Crippen molar-refractivity contribution in [2.75, 3.05) is 0 Å². The van der Waals surface area contributed by atoms with E-state index in [2.05, 4.69) is 234 Å². The van der Waals surface area contributed by atoms with E-state index in [1.165, 1.54) is 21.7 Å². The van der Waals surface area contributed by atoms with Crippen molar-refractivity contribution in [1.29, 1.82) is 0 Å². The van der Waals surface area contributed by atoms with E-state index in [-0.39, 0.29) is 0 Å². The van der Waals surface area contributed by atoms with Crippen LogP contribution in [-0.4, -0.2) is 29.1 Å². The number of hydrogen-bond acceptors (Lipinski definition) is 5. The molecule has 5 aromatic heterocycles. The largest absolute Gasteiger partial charge is 0.278 e. The summed E-state index contributed by atoms with van der Waals surface area (Å²) >= 11 is 1.75. The molecule has 5 heterocycles. The van der Waals surface area contributed by atoms with Gasteiger partial charge in [0.1, 0.15) is 0 Å². The fraction of sp³-hybridized carbons (Fsp3) is 0. The van der Waals surface area contributed by atoms with E-state index in [9.17, 15) is 0 Å². The van der Waals surface area contributed by atoms with Gasteiger partial charge in [0.25, 0.3) is 0 Å². The Kier molecular flexibility index (Phi) is 8.73. The second-order valence-corrected chi connectivity index (χ2v) is 19.2. The summed E-state index contributed by atoms with van der Waals surface area (Å²) in [4.78, 5) is 22.9. The lowest BCUT2D eigenvalue weighted by Gasteiger charge is -2.13. The molecular weight excluding hydrogens is 885 g/mol. The van der Waals surface area contributed by atoms with Crippen molar-refractivity contribution in [2.45, 2.75) is 0 Å². The van der Waals surface area contributed by atoms with E-state index in [0.717, 1.165) is 109 Å². The van der Waals surface area contributed by atoms with Crippen molar-refractivity contribution in [3.05, 3.63) is 231 Å². The molecule has 0 radical (unpaired) electrons. The molecule has 330 valence electrons. The molecule has 0 aliphatic rings. The molecule has 15 aromatic rings. The maximum atomic E-state index is 5.48. The molecule has 0 atom stereocenters. The van der Waals surface area contributed by atoms with Gasteiger partial charge in [-0.1, -0.05) is 182 Å². The van der Waals surface area contributed by atoms with Gasteiger partial charge in [-0.15, -0.1) is 11.3 Å². The molecule has 0 aliphatic carbocycles. The third-order valence-electron chi connectivity index (χ3n) is 14.2. The first-order chi connectivity index (χ1) is 35.2. The minimum atomic E-state index is 0.641. The van der Waals surface area contributed by atoms with Crippen molar-refractivity contribution in [3.63, 3.8) is 0 Å². The number of benzene rings is 10. The van der Waals surface area contributed by atoms with Crippen LogP contribution in [0.15, 0.2) is 231 Å². The van der Waals surface area contributed by atoms with Crippen molar-refractivity contribution in [1.82, 2.24) is 29.1 Å². The Morgan fingerprint density at radius 3 is 1.58 bits per heavy atom. The average molecular weight is 923 g/mol. The Morgan fingerprint density at radius 1 is 0.310 bits per heavy atom. The Hall–Kier alpha value is -9.30. The molecule has 0 amide bonds. The molecule has 15 rings (SSSR count). The van der Waals surface area contributed by atoms with Gasteiger partial charge in [-0.3, -0.25) is 9.13 Å². The standard InChI is InChI=1S/C64H38N6S/c1-4-18-41(19-5-1)57-38-52-62(71-57)60(43-22-8-3-9-23-43)67-63(65-52)70-55-34-31-45(37-51(55)58-46-24-12-10-16-39(46)29-35-56(58)70)44-30-33-54-50(36-44)48-26-14-15-27-53(48)69(54)64-66-59(42-20-6-2-7-21-42)49-32-28-40-17-11-13-25-47(40)61(49)68-64/h1-38H. The highest BCUT2D eigenvalue weighted by Gasteiger charge is 2.23. The lowest BCUT2D eigenvalue weighted by atomic mass is 9.99. The zero-order chi connectivity index (χ0) is 46.6. The van der Waals surface area contributed by atoms with Gasteiger partial charge < -0.3 is 0 Å². The van der Waals surface area contributed by atoms with Gasteiger partial charge in [-0.25, -0.2) is 19.9 Å². The number of aromatic nitrogens is 6. The molecule has 0 saturated carbocycles. The van der Waals surface area contributed by atoms with Crippen LogP contribution >= 0.6 is 11.3 Å². The quantitative estimate of drug-likeness (QED) is 0.156. The normalized spacial score (nSPS) is 11.9. The lowest BCUT2D eigenvalue weighted by molar-refractivity contribution is 1.01. The highest BCUT2D eigenvalue weighted by Crippen LogP contribution is 2.43. The molecular formula is C64H38N6S. The van der Waals surface area contributed by atoms with Gasteiger partial charge in [0.05, 0.1) is 49.2 Å². The number of hydrogen-bond donors (Lipinski definition) is 0. The van der Waals surface area contributed by atoms with E-state index in [0.29, 0.717) is 11.9 Å². The smallest absolute Gasteiger partial charge is 0.235 e. The van der Waals surface area contributed by atoms with Gasteiger partial charge in [-0.2, -0.15) is 0 Å². The molecule has 0 fully saturated rings. The predicted molar refractivity (Wildman–Crippen MR) is 296 cm³/mol. The van der Waals surface area contributed by atoms with Crippen LogP contribution in [0.2, 0.25) is 0 Å². The van der Waals surface area contributed by atoms with Crippen LogP contribution in [0.4, 0.5) is 0 Å². The summed E-state index contributed by atoms with van der Waals surface area (Å²) in [5, 5.41) is 10.2. The van der Waals surface area contributed by atoms with E-state index < -0.39 is 0 Å². The highest BCUT2D eigenvalue weighted by molar-refractivity contribution is 7.22. The van der Waals surface area contributed by atoms with Crippen molar-refractivity contribution in [2.24, 2.45) is 0 Å². The van der Waals surface area contributed by atoms with Crippen LogP contribution in [0.5, 0.6) is 0 Å². The Bertz CT molecular complexity index is 4630. The summed E-state index contributed by atoms with van der Waals surface area (Å²) in [7, 11) is 0. The third-order valence-corrected chi connectivity index (χ3v) is 15.3. The average Bonchev–Trinajstić information content (AvgIpc) is 4.13. The van der Waals surface area contributed by atoms with Crippen LogP contribution in [0.1, 0.15) is 0 Å². The number of nitrogens with zero attached hydrogens (tertiary/aromatic N) is 6. The monoisotopic (exact) mass is 922 g/mol. The topological polar surface area (TPSA) is 61.4 Å². The molecule has 0 N–H and O–H groups in total. The summed E-state index contributed by atoms with van der Waals surface area (Å²) in [6.07, 6.45) is 0. The molecule has 71 heavy (non-hydrogen) atoms. The van der Waals surface area contributed by atoms with Crippen molar-refractivity contribution < 1.29 is 0 Å². The Labute approximate surface area is 411 Å². The molecule has 0 saturated heterocycles. The van der Waals surface area contributed by atoms with E-state index in [4.69, 9.17) is 19.9 Å². The maximum absolute atomic E-state index is 5.48. The van der Waals surface area contributed by atoms with Gasteiger partial charge in [0, 0.05) is 48.3 Å². The maximum Gasteiger partial charge on any atom is 0.235 e. The summed E-state index contributed by atoms with van der Waals surface area (Å²) < 4.78 is 5.57. The fourth-order valence-corrected chi connectivity index (χ4v) is 12.0. The second-order valence-electron chi connectivity index (χ2n) is 18.2. The van der Waals surface area contributed by atoms with E-state index in [1.54, 1.807) is 11.3 Å². The number of rotatable bonds is 6. The number of para-hydroxylation sites is 1. The first kappa shape index (κ1) is 39.7. The zero-order valence-corrected chi connectivity index (χ0v) is 38.8. The van der Waals surface area contributed by atoms with E-state index in [1.807, 2.05) is 6.07 Å². The molecule has 7 heteroatoms. The zero-order valence-electron chi connectivity index (χ0n) is 38.0. The number of thiophene rings is 1. The predicted octanol–water partition coefficient (Wildman–Crippen LogP) is 16.8. The fourth-order valence-electron chi connectivity index (χ4n) is 10.9. The minimum absolute atomic E-state index is 0.641. The lowest BCUT2D eigenvalue weighted by Crippen LogP contribution is -2.03. The van der Waals surface area contributed by atoms with Crippen LogP contribution in [0.25, 0.3) is 142 Å². The van der Waals surface area contributed by atoms with Crippen LogP contribution < -0.4 is 0 Å². The van der Waals surface area contributed by atoms with Crippen LogP contribution in [-0.2, 0) is 0 Å². The summed E-state index contributed by atoms with van der Waals surface area (Å²) in [6, 6.07) is 82.0. The Morgan fingerprint density at radius 2 is 0.831 bits per heavy atom. The number of fused-ring (bicyclic) bond motifs is 12. The summed E-state index contributed by atoms with van der Waals surface area (Å²) in [5.41, 5.74) is 13.4. The first-order valence-corrected chi connectivity index (χ1v) is 24.7. The molecule has 0 aliphatic heterocycles. The Balaban J connectivity index is 0.941. The molecule has 10 aromatic carbocycles. The highest BCUT2D eigenvalue weighted by atomic mass is 32.1. The van der Waals surface area contributed by atoms with Crippen LogP contribution in [0, 0.1) is 0 Å². The first-order valence-electron chi connectivity index (χ1n) is 23.9. The second kappa shape index (κ2) is 15.6. The molecule has 6 nitrogen and oxygen atoms in total. The third kappa shape index (κ3) is 6.20. The van der Waals surface area contributed by atoms with Gasteiger partial charge in [0.15, 0.2) is 0 Å². The SMILES string of the molecule is c1ccc(-c2cc3nc(-n4c5ccc(-c6ccc7c(c6)c6ccccc6n7-c6nc(-c7ccccc7)c7ccc8ccccc8c7n6)cc5c5c6ccccc6ccc54)nc(-c4ccccc4)c3s2)cc1. The van der Waals surface area contributed by atoms with Gasteiger partial charge in [0.2, 0.25) is 11.9 Å². The summed E-state index contributed by atoms with van der Waals surface area (Å²) in [5.74, 6) is 1.28. The van der Waals surface area contributed by atoms with Crippen molar-refractivity contribution >= 4 is 97.6 Å². The van der Waals surface area contributed by atoms with Gasteiger partial charge in [-0.05, 0) is 81.4 Å². The summed E-state index contributed by atoms with van der Waals surface area (Å²) in [6.45, 7) is 0. The molecule has 0 unspecified atom stereocenters. The minimum Gasteiger partial charge on any atom is -0.278 e. The van der Waals surface area contributed by atoms with Crippen molar-refractivity contribution in [3.8, 4) is 56.0 Å². The van der Waals surface area contributed by atoms with Gasteiger partial charge >= 0.3 is 0 Å².